The lowest BCUT2D eigenvalue weighted by Gasteiger charge is -2.32. The van der Waals surface area contributed by atoms with E-state index in [4.69, 9.17) is 9.31 Å². The van der Waals surface area contributed by atoms with Crippen LogP contribution in [0.15, 0.2) is 17.7 Å². The van der Waals surface area contributed by atoms with E-state index in [-0.39, 0.29) is 10.7 Å². The van der Waals surface area contributed by atoms with Crippen LogP contribution in [0, 0.1) is 5.95 Å². The summed E-state index contributed by atoms with van der Waals surface area (Å²) in [5, 5.41) is -0.0565. The van der Waals surface area contributed by atoms with E-state index in [0.29, 0.717) is 23.1 Å². The molecule has 0 unspecified atom stereocenters. The molecule has 1 aromatic heterocycles. The summed E-state index contributed by atoms with van der Waals surface area (Å²) in [7, 11) is -0.687. The molecule has 0 radical (unpaired) electrons. The van der Waals surface area contributed by atoms with E-state index in [1.54, 1.807) is 6.08 Å². The molecule has 1 aliphatic heterocycles. The van der Waals surface area contributed by atoms with Crippen LogP contribution in [-0.4, -0.2) is 40.5 Å². The van der Waals surface area contributed by atoms with Crippen molar-refractivity contribution in [3.63, 3.8) is 0 Å². The predicted molar refractivity (Wildman–Crippen MR) is 96.8 cm³/mol. The fraction of sp³-hybridized carbons (Fsp3) is 0.471. The standard InChI is InChI=1S/C17H21BFNO4S/c1-11(22)25-10-13(18-23-16(2,3)17(4,5)24-18)8-12-6-7-20-15(19)14(12)9-21/h6-9H,10H2,1-5H3. The van der Waals surface area contributed by atoms with Crippen molar-refractivity contribution in [3.05, 3.63) is 34.8 Å². The summed E-state index contributed by atoms with van der Waals surface area (Å²) in [5.41, 5.74) is -0.211. The van der Waals surface area contributed by atoms with Gasteiger partial charge in [0.25, 0.3) is 0 Å². The first kappa shape index (κ1) is 19.8. The lowest BCUT2D eigenvalue weighted by atomic mass is 9.78. The van der Waals surface area contributed by atoms with Gasteiger partial charge in [0.1, 0.15) is 0 Å². The molecule has 2 heterocycles. The third kappa shape index (κ3) is 4.37. The molecule has 0 N–H and O–H groups in total. The van der Waals surface area contributed by atoms with Crippen LogP contribution in [-0.2, 0) is 14.1 Å². The van der Waals surface area contributed by atoms with Crippen molar-refractivity contribution in [1.29, 1.82) is 0 Å². The molecule has 1 aliphatic rings. The molecule has 2 rings (SSSR count). The Bertz CT molecular complexity index is 705. The van der Waals surface area contributed by atoms with Crippen molar-refractivity contribution < 1.29 is 23.3 Å². The zero-order chi connectivity index (χ0) is 18.8. The quantitative estimate of drug-likeness (QED) is 0.453. The molecule has 0 amide bonds. The Kier molecular flexibility index (Phi) is 5.86. The highest BCUT2D eigenvalue weighted by atomic mass is 32.2. The van der Waals surface area contributed by atoms with Gasteiger partial charge < -0.3 is 9.31 Å². The number of carbonyl (C=O) groups excluding carboxylic acids is 2. The van der Waals surface area contributed by atoms with Gasteiger partial charge in [0.05, 0.1) is 16.8 Å². The second kappa shape index (κ2) is 7.39. The first-order chi connectivity index (χ1) is 11.6. The Morgan fingerprint density at radius 1 is 1.32 bits per heavy atom. The Morgan fingerprint density at radius 2 is 1.92 bits per heavy atom. The number of nitrogens with zero attached hydrogens (tertiary/aromatic N) is 1. The van der Waals surface area contributed by atoms with E-state index in [1.165, 1.54) is 19.2 Å². The third-order valence-corrected chi connectivity index (χ3v) is 5.32. The Balaban J connectivity index is 2.42. The molecule has 1 aromatic rings. The number of aldehydes is 1. The van der Waals surface area contributed by atoms with Crippen LogP contribution in [0.5, 0.6) is 0 Å². The van der Waals surface area contributed by atoms with Gasteiger partial charge in [0, 0.05) is 18.9 Å². The Hall–Kier alpha value is -1.51. The number of hydrogen-bond donors (Lipinski definition) is 0. The predicted octanol–water partition coefficient (Wildman–Crippen LogP) is 3.33. The average Bonchev–Trinajstić information content (AvgIpc) is 2.71. The molecule has 1 fully saturated rings. The number of hydrogen-bond acceptors (Lipinski definition) is 6. The van der Waals surface area contributed by atoms with Gasteiger partial charge in [-0.05, 0) is 44.8 Å². The summed E-state index contributed by atoms with van der Waals surface area (Å²) >= 11 is 1.10. The van der Waals surface area contributed by atoms with Crippen LogP contribution >= 0.6 is 11.8 Å². The maximum Gasteiger partial charge on any atom is 0.491 e. The highest BCUT2D eigenvalue weighted by molar-refractivity contribution is 8.13. The van der Waals surface area contributed by atoms with E-state index in [9.17, 15) is 14.0 Å². The molecule has 0 saturated carbocycles. The average molecular weight is 365 g/mol. The lowest BCUT2D eigenvalue weighted by Crippen LogP contribution is -2.41. The smallest absolute Gasteiger partial charge is 0.400 e. The monoisotopic (exact) mass is 365 g/mol. The molecule has 5 nitrogen and oxygen atoms in total. The van der Waals surface area contributed by atoms with Crippen LogP contribution in [0.25, 0.3) is 6.08 Å². The fourth-order valence-corrected chi connectivity index (χ4v) is 2.85. The van der Waals surface area contributed by atoms with Gasteiger partial charge in [0.2, 0.25) is 5.95 Å². The SMILES string of the molecule is CC(=O)SCC(=Cc1ccnc(F)c1C=O)B1OC(C)(C)C(C)(C)O1. The number of thioether (sulfide) groups is 1. The number of rotatable bonds is 5. The zero-order valence-electron chi connectivity index (χ0n) is 15.0. The van der Waals surface area contributed by atoms with Gasteiger partial charge in [-0.2, -0.15) is 4.39 Å². The first-order valence-corrected chi connectivity index (χ1v) is 8.85. The fourth-order valence-electron chi connectivity index (χ4n) is 2.26. The summed E-state index contributed by atoms with van der Waals surface area (Å²) in [4.78, 5) is 26.1. The van der Waals surface area contributed by atoms with E-state index in [1.807, 2.05) is 27.7 Å². The van der Waals surface area contributed by atoms with Crippen molar-refractivity contribution >= 4 is 36.4 Å². The lowest BCUT2D eigenvalue weighted by molar-refractivity contribution is -0.109. The molecule has 25 heavy (non-hydrogen) atoms. The van der Waals surface area contributed by atoms with Gasteiger partial charge in [-0.1, -0.05) is 17.8 Å². The summed E-state index contributed by atoms with van der Waals surface area (Å²) < 4.78 is 25.8. The van der Waals surface area contributed by atoms with E-state index >= 15 is 0 Å². The van der Waals surface area contributed by atoms with Gasteiger partial charge in [-0.3, -0.25) is 9.59 Å². The topological polar surface area (TPSA) is 65.5 Å². The minimum atomic E-state index is -0.837. The highest BCUT2D eigenvalue weighted by Gasteiger charge is 2.52. The van der Waals surface area contributed by atoms with E-state index in [2.05, 4.69) is 4.98 Å². The highest BCUT2D eigenvalue weighted by Crippen LogP contribution is 2.39. The summed E-state index contributed by atoms with van der Waals surface area (Å²) in [6, 6.07) is 1.54. The van der Waals surface area contributed by atoms with E-state index in [0.717, 1.165) is 11.8 Å². The molecule has 1 saturated heterocycles. The first-order valence-electron chi connectivity index (χ1n) is 7.86. The van der Waals surface area contributed by atoms with Gasteiger partial charge in [-0.25, -0.2) is 4.98 Å². The van der Waals surface area contributed by atoms with Gasteiger partial charge in [0.15, 0.2) is 11.4 Å². The Labute approximate surface area is 151 Å². The minimum absolute atomic E-state index is 0.0565. The number of aromatic nitrogens is 1. The van der Waals surface area contributed by atoms with Crippen molar-refractivity contribution in [2.75, 3.05) is 5.75 Å². The zero-order valence-corrected chi connectivity index (χ0v) is 15.8. The van der Waals surface area contributed by atoms with Crippen LogP contribution in [0.3, 0.4) is 0 Å². The molecule has 8 heteroatoms. The molecule has 134 valence electrons. The molecule has 0 aliphatic carbocycles. The van der Waals surface area contributed by atoms with Crippen LogP contribution < -0.4 is 0 Å². The summed E-state index contributed by atoms with van der Waals surface area (Å²) in [6.07, 6.45) is 3.34. The van der Waals surface area contributed by atoms with Gasteiger partial charge in [-0.15, -0.1) is 0 Å². The number of pyridine rings is 1. The number of carbonyl (C=O) groups is 2. The van der Waals surface area contributed by atoms with Crippen LogP contribution in [0.2, 0.25) is 0 Å². The van der Waals surface area contributed by atoms with Crippen LogP contribution in [0.4, 0.5) is 4.39 Å². The molecular weight excluding hydrogens is 344 g/mol. The van der Waals surface area contributed by atoms with Crippen molar-refractivity contribution in [1.82, 2.24) is 4.98 Å². The maximum absolute atomic E-state index is 13.7. The van der Waals surface area contributed by atoms with Crippen molar-refractivity contribution in [3.8, 4) is 0 Å². The number of halogens is 1. The van der Waals surface area contributed by atoms with Crippen molar-refractivity contribution in [2.45, 2.75) is 45.8 Å². The van der Waals surface area contributed by atoms with Crippen LogP contribution in [0.1, 0.15) is 50.5 Å². The second-order valence-corrected chi connectivity index (χ2v) is 7.96. The normalized spacial score (nSPS) is 19.1. The third-order valence-electron chi connectivity index (χ3n) is 4.43. The summed E-state index contributed by atoms with van der Waals surface area (Å²) in [6.45, 7) is 9.16. The molecule has 0 aromatic carbocycles. The second-order valence-electron chi connectivity index (χ2n) is 6.81. The van der Waals surface area contributed by atoms with Crippen molar-refractivity contribution in [2.24, 2.45) is 0 Å². The largest absolute Gasteiger partial charge is 0.491 e. The Morgan fingerprint density at radius 3 is 2.44 bits per heavy atom. The van der Waals surface area contributed by atoms with Gasteiger partial charge >= 0.3 is 7.12 Å². The minimum Gasteiger partial charge on any atom is -0.400 e. The molecule has 0 spiro atoms. The van der Waals surface area contributed by atoms with E-state index < -0.39 is 24.3 Å². The molecule has 0 bridgehead atoms. The molecular formula is C17H21BFNO4S. The molecule has 0 atom stereocenters. The summed E-state index contributed by atoms with van der Waals surface area (Å²) in [5.74, 6) is -0.523. The maximum atomic E-state index is 13.7.